The van der Waals surface area contributed by atoms with E-state index >= 15 is 0 Å². The van der Waals surface area contributed by atoms with Crippen molar-refractivity contribution in [3.05, 3.63) is 11.1 Å². The fourth-order valence-electron chi connectivity index (χ4n) is 8.19. The minimum Gasteiger partial charge on any atom is -0.462 e. The maximum atomic E-state index is 13.0. The molecule has 2 saturated carbocycles. The molecule has 14 heteroatoms. The van der Waals surface area contributed by atoms with Crippen LogP contribution in [0.1, 0.15) is 82.1 Å². The lowest BCUT2D eigenvalue weighted by atomic mass is 9.46. The lowest BCUT2D eigenvalue weighted by Crippen LogP contribution is -2.75. The van der Waals surface area contributed by atoms with Crippen LogP contribution in [-0.2, 0) is 57.2 Å². The van der Waals surface area contributed by atoms with Gasteiger partial charge in [0.15, 0.2) is 12.2 Å². The molecule has 2 fully saturated rings. The number of aliphatic hydroxyl groups is 2. The Morgan fingerprint density at radius 2 is 1.20 bits per heavy atom. The number of esters is 6. The van der Waals surface area contributed by atoms with Crippen molar-refractivity contribution in [2.75, 3.05) is 6.61 Å². The molecule has 46 heavy (non-hydrogen) atoms. The van der Waals surface area contributed by atoms with E-state index in [0.717, 1.165) is 34.6 Å². The Hall–Kier alpha value is -3.52. The zero-order valence-electron chi connectivity index (χ0n) is 28.0. The topological polar surface area (TPSA) is 198 Å². The standard InChI is InChI=1S/C32H46O14/c1-14-23(42-16(3)35)12-32(40)28(45-19(6)38)26-21(13-33)22(41-15(2)34)11-24(43-17(4)36)31(26,10)29(46-20(7)39)27(44-18(5)37)25(14)30(32,8)9/h21-24,26-29,33,40H,11-13H2,1-10H3/t21-,22+,23+,24+,26+,27-,28+,29+,31-,32-/m1/s1. The summed E-state index contributed by atoms with van der Waals surface area (Å²) in [6, 6.07) is 0. The third kappa shape index (κ3) is 6.51. The average molecular weight is 655 g/mol. The summed E-state index contributed by atoms with van der Waals surface area (Å²) in [6.45, 7) is 12.6. The molecule has 2 N–H and O–H groups in total. The number of rotatable bonds is 7. The van der Waals surface area contributed by atoms with Crippen LogP contribution < -0.4 is 0 Å². The second kappa shape index (κ2) is 13.3. The SMILES string of the molecule is CC(=O)O[C@H]1C[C@@]2(O)[C@@H](OC(C)=O)[C@@H]3[C@H](CO)[C@@H](OC(C)=O)C[C@H](OC(C)=O)[C@@]3(C)[C@@H](OC(C)=O)[C@H](OC(C)=O)C(=C1C)C2(C)C. The van der Waals surface area contributed by atoms with Gasteiger partial charge in [0.2, 0.25) is 0 Å². The van der Waals surface area contributed by atoms with Gasteiger partial charge in [0.1, 0.15) is 30.0 Å². The lowest BCUT2D eigenvalue weighted by Gasteiger charge is -2.64. The Labute approximate surface area is 268 Å². The van der Waals surface area contributed by atoms with Gasteiger partial charge in [-0.15, -0.1) is 0 Å². The minimum atomic E-state index is -2.13. The van der Waals surface area contributed by atoms with E-state index in [2.05, 4.69) is 0 Å². The monoisotopic (exact) mass is 654 g/mol. The summed E-state index contributed by atoms with van der Waals surface area (Å²) in [5, 5.41) is 24.0. The van der Waals surface area contributed by atoms with Gasteiger partial charge in [-0.3, -0.25) is 28.8 Å². The molecular weight excluding hydrogens is 608 g/mol. The van der Waals surface area contributed by atoms with Gasteiger partial charge in [-0.1, -0.05) is 20.8 Å². The van der Waals surface area contributed by atoms with Crippen molar-refractivity contribution in [2.45, 2.75) is 124 Å². The Kier molecular flexibility index (Phi) is 10.7. The number of fused-ring (bicyclic) bond motifs is 3. The molecule has 0 aliphatic heterocycles. The van der Waals surface area contributed by atoms with Crippen molar-refractivity contribution in [3.63, 3.8) is 0 Å². The number of carbonyl (C=O) groups excluding carboxylic acids is 6. The van der Waals surface area contributed by atoms with Gasteiger partial charge in [0.25, 0.3) is 0 Å². The summed E-state index contributed by atoms with van der Waals surface area (Å²) in [6.07, 6.45) is -8.57. The van der Waals surface area contributed by atoms with Crippen molar-refractivity contribution in [3.8, 4) is 0 Å². The molecule has 3 rings (SSSR count). The number of aliphatic hydroxyl groups excluding tert-OH is 1. The third-order valence-electron chi connectivity index (χ3n) is 9.95. The van der Waals surface area contributed by atoms with E-state index < -0.39 is 107 Å². The van der Waals surface area contributed by atoms with E-state index in [9.17, 15) is 39.0 Å². The highest BCUT2D eigenvalue weighted by Gasteiger charge is 2.73. The van der Waals surface area contributed by atoms with Gasteiger partial charge in [0.05, 0.1) is 5.41 Å². The molecule has 0 aromatic heterocycles. The summed E-state index contributed by atoms with van der Waals surface area (Å²) in [4.78, 5) is 75.8. The summed E-state index contributed by atoms with van der Waals surface area (Å²) in [5.41, 5.74) is -4.65. The number of hydrogen-bond acceptors (Lipinski definition) is 14. The van der Waals surface area contributed by atoms with Crippen LogP contribution in [0.2, 0.25) is 0 Å². The van der Waals surface area contributed by atoms with E-state index in [4.69, 9.17) is 28.4 Å². The summed E-state index contributed by atoms with van der Waals surface area (Å²) in [7, 11) is 0. The van der Waals surface area contributed by atoms with E-state index in [1.807, 2.05) is 0 Å². The van der Waals surface area contributed by atoms with Crippen molar-refractivity contribution in [2.24, 2.45) is 22.7 Å². The maximum Gasteiger partial charge on any atom is 0.303 e. The molecule has 0 unspecified atom stereocenters. The lowest BCUT2D eigenvalue weighted by molar-refractivity contribution is -0.284. The van der Waals surface area contributed by atoms with Crippen LogP contribution in [0.15, 0.2) is 11.1 Å². The molecule has 0 aromatic rings. The smallest absolute Gasteiger partial charge is 0.303 e. The normalized spacial score (nSPS) is 36.5. The van der Waals surface area contributed by atoms with Gasteiger partial charge in [0, 0.05) is 78.2 Å². The maximum absolute atomic E-state index is 13.0. The number of hydrogen-bond donors (Lipinski definition) is 2. The molecule has 2 bridgehead atoms. The highest BCUT2D eigenvalue weighted by molar-refractivity contribution is 5.70. The molecule has 0 aromatic carbocycles. The first-order chi connectivity index (χ1) is 21.1. The predicted octanol–water partition coefficient (Wildman–Crippen LogP) is 1.70. The van der Waals surface area contributed by atoms with E-state index in [1.165, 1.54) is 6.92 Å². The average Bonchev–Trinajstić information content (AvgIpc) is 2.88. The van der Waals surface area contributed by atoms with Gasteiger partial charge < -0.3 is 38.6 Å². The van der Waals surface area contributed by atoms with Crippen LogP contribution in [0.5, 0.6) is 0 Å². The van der Waals surface area contributed by atoms with Crippen LogP contribution >= 0.6 is 0 Å². The highest BCUT2D eigenvalue weighted by Crippen LogP contribution is 2.63. The predicted molar refractivity (Wildman–Crippen MR) is 156 cm³/mol. The molecule has 0 spiro atoms. The zero-order chi connectivity index (χ0) is 35.1. The van der Waals surface area contributed by atoms with Gasteiger partial charge in [-0.05, 0) is 18.1 Å². The zero-order valence-corrected chi connectivity index (χ0v) is 28.0. The van der Waals surface area contributed by atoms with Crippen LogP contribution in [0.25, 0.3) is 0 Å². The molecule has 10 atom stereocenters. The Bertz CT molecular complexity index is 1300. The van der Waals surface area contributed by atoms with Crippen molar-refractivity contribution < 1.29 is 67.4 Å². The van der Waals surface area contributed by atoms with Crippen LogP contribution in [-0.4, -0.2) is 94.9 Å². The highest BCUT2D eigenvalue weighted by atomic mass is 16.6. The summed E-state index contributed by atoms with van der Waals surface area (Å²) in [5.74, 6) is -6.99. The summed E-state index contributed by atoms with van der Waals surface area (Å²) >= 11 is 0. The first-order valence-electron chi connectivity index (χ1n) is 15.2. The van der Waals surface area contributed by atoms with E-state index in [-0.39, 0.29) is 18.4 Å². The molecule has 3 aliphatic carbocycles. The van der Waals surface area contributed by atoms with Gasteiger partial charge in [-0.25, -0.2) is 0 Å². The number of ether oxygens (including phenoxy) is 6. The van der Waals surface area contributed by atoms with Crippen LogP contribution in [0.3, 0.4) is 0 Å². The second-order valence-electron chi connectivity index (χ2n) is 13.3. The molecule has 3 aliphatic rings. The quantitative estimate of drug-likeness (QED) is 0.228. The Morgan fingerprint density at radius 3 is 1.65 bits per heavy atom. The Balaban J connectivity index is 2.62. The van der Waals surface area contributed by atoms with Crippen molar-refractivity contribution >= 4 is 35.8 Å². The fraction of sp³-hybridized carbons (Fsp3) is 0.750. The second-order valence-corrected chi connectivity index (χ2v) is 13.3. The third-order valence-corrected chi connectivity index (χ3v) is 9.95. The molecule has 0 heterocycles. The largest absolute Gasteiger partial charge is 0.462 e. The minimum absolute atomic E-state index is 0.190. The molecular formula is C32H46O14. The summed E-state index contributed by atoms with van der Waals surface area (Å²) < 4.78 is 35.1. The molecule has 0 radical (unpaired) electrons. The van der Waals surface area contributed by atoms with Crippen LogP contribution in [0, 0.1) is 22.7 Å². The van der Waals surface area contributed by atoms with Crippen molar-refractivity contribution in [1.82, 2.24) is 0 Å². The number of carbonyl (C=O) groups is 6. The Morgan fingerprint density at radius 1 is 0.717 bits per heavy atom. The fourth-order valence-corrected chi connectivity index (χ4v) is 8.19. The molecule has 0 amide bonds. The van der Waals surface area contributed by atoms with E-state index in [0.29, 0.717) is 5.57 Å². The molecule has 14 nitrogen and oxygen atoms in total. The van der Waals surface area contributed by atoms with Gasteiger partial charge >= 0.3 is 35.8 Å². The van der Waals surface area contributed by atoms with Crippen LogP contribution in [0.4, 0.5) is 0 Å². The van der Waals surface area contributed by atoms with E-state index in [1.54, 1.807) is 27.7 Å². The first kappa shape index (κ1) is 36.9. The first-order valence-corrected chi connectivity index (χ1v) is 15.2. The molecule has 0 saturated heterocycles. The molecule has 258 valence electrons. The van der Waals surface area contributed by atoms with Gasteiger partial charge in [-0.2, -0.15) is 0 Å². The van der Waals surface area contributed by atoms with Crippen molar-refractivity contribution in [1.29, 1.82) is 0 Å².